The van der Waals surface area contributed by atoms with E-state index in [0.29, 0.717) is 30.0 Å². The van der Waals surface area contributed by atoms with Crippen molar-refractivity contribution in [3.05, 3.63) is 106 Å². The van der Waals surface area contributed by atoms with Crippen molar-refractivity contribution in [1.82, 2.24) is 9.88 Å². The van der Waals surface area contributed by atoms with Crippen molar-refractivity contribution in [1.29, 1.82) is 0 Å². The lowest BCUT2D eigenvalue weighted by Gasteiger charge is -2.11. The molecule has 0 aliphatic carbocycles. The molecule has 4 aromatic rings. The van der Waals surface area contributed by atoms with Crippen LogP contribution in [0.2, 0.25) is 5.02 Å². The minimum atomic E-state index is -0.171. The van der Waals surface area contributed by atoms with E-state index in [-0.39, 0.29) is 24.0 Å². The van der Waals surface area contributed by atoms with Crippen LogP contribution in [0.25, 0.3) is 17.0 Å². The maximum absolute atomic E-state index is 13.4. The Labute approximate surface area is 240 Å². The Bertz CT molecular complexity index is 1570. The molecule has 40 heavy (non-hydrogen) atoms. The second-order valence-electron chi connectivity index (χ2n) is 10.1. The van der Waals surface area contributed by atoms with E-state index in [1.165, 1.54) is 0 Å². The van der Waals surface area contributed by atoms with E-state index < -0.39 is 0 Å². The molecule has 1 aromatic heterocycles. The molecule has 7 heteroatoms. The van der Waals surface area contributed by atoms with Crippen LogP contribution < -0.4 is 10.2 Å². The van der Waals surface area contributed by atoms with Crippen LogP contribution in [0.15, 0.2) is 72.8 Å². The van der Waals surface area contributed by atoms with Gasteiger partial charge in [-0.3, -0.25) is 19.0 Å². The first-order chi connectivity index (χ1) is 19.1. The molecule has 0 aliphatic heterocycles. The normalized spacial score (nSPS) is 11.2. The second kappa shape index (κ2) is 12.8. The lowest BCUT2D eigenvalue weighted by atomic mass is 10.1. The van der Waals surface area contributed by atoms with Crippen LogP contribution in [-0.4, -0.2) is 42.8 Å². The quantitative estimate of drug-likeness (QED) is 0.182. The maximum atomic E-state index is 13.4. The summed E-state index contributed by atoms with van der Waals surface area (Å²) in [7, 11) is 3.97. The Hall–Kier alpha value is -4.16. The average molecular weight is 556 g/mol. The van der Waals surface area contributed by atoms with Crippen LogP contribution >= 0.6 is 11.6 Å². The number of benzene rings is 3. The van der Waals surface area contributed by atoms with E-state index in [9.17, 15) is 14.4 Å². The summed E-state index contributed by atoms with van der Waals surface area (Å²) in [6.07, 6.45) is 4.43. The SMILES string of the molecule is Cc1ccc2c(c1)c(CC(=O)NCCCC(=O)/C=C/c1ccc(N(C)C)cc1)c(C)n2C(=O)c1ccc(Cl)cc1. The molecule has 0 radical (unpaired) electrons. The van der Waals surface area contributed by atoms with Gasteiger partial charge in [0.15, 0.2) is 5.78 Å². The molecule has 0 saturated heterocycles. The van der Waals surface area contributed by atoms with E-state index in [1.807, 2.05) is 81.4 Å². The standard InChI is InChI=1S/C33H34ClN3O3/c1-22-7-18-31-30(20-22)29(23(2)37(31)33(40)25-11-13-26(34)14-12-25)21-32(39)35-19-5-6-28(38)17-10-24-8-15-27(16-9-24)36(3)4/h7-18,20H,5-6,19,21H2,1-4H3,(H,35,39)/b17-10+. The van der Waals surface area contributed by atoms with E-state index >= 15 is 0 Å². The zero-order valence-electron chi connectivity index (χ0n) is 23.3. The van der Waals surface area contributed by atoms with Crippen LogP contribution in [0.5, 0.6) is 0 Å². The van der Waals surface area contributed by atoms with Gasteiger partial charge in [-0.25, -0.2) is 0 Å². The first-order valence-electron chi connectivity index (χ1n) is 13.3. The summed E-state index contributed by atoms with van der Waals surface area (Å²) >= 11 is 6.01. The third-order valence-corrected chi connectivity index (χ3v) is 7.17. The number of allylic oxidation sites excluding steroid dienone is 1. The molecule has 0 bridgehead atoms. The summed E-state index contributed by atoms with van der Waals surface area (Å²) in [6.45, 7) is 4.25. The largest absolute Gasteiger partial charge is 0.378 e. The fourth-order valence-corrected chi connectivity index (χ4v) is 4.80. The van der Waals surface area contributed by atoms with Crippen LogP contribution in [0.1, 0.15) is 45.6 Å². The van der Waals surface area contributed by atoms with E-state index in [0.717, 1.165) is 39.0 Å². The summed E-state index contributed by atoms with van der Waals surface area (Å²) < 4.78 is 1.67. The summed E-state index contributed by atoms with van der Waals surface area (Å²) in [5.41, 5.74) is 5.94. The van der Waals surface area contributed by atoms with Gasteiger partial charge in [0, 0.05) is 54.4 Å². The number of amides is 1. The number of aryl methyl sites for hydroxylation is 1. The lowest BCUT2D eigenvalue weighted by Crippen LogP contribution is -2.26. The zero-order chi connectivity index (χ0) is 28.8. The molecule has 0 fully saturated rings. The molecule has 0 aliphatic rings. The fraction of sp³-hybridized carbons (Fsp3) is 0.242. The highest BCUT2D eigenvalue weighted by Crippen LogP contribution is 2.29. The van der Waals surface area contributed by atoms with Crippen molar-refractivity contribution in [2.75, 3.05) is 25.5 Å². The number of hydrogen-bond acceptors (Lipinski definition) is 4. The van der Waals surface area contributed by atoms with Crippen LogP contribution in [0, 0.1) is 13.8 Å². The average Bonchev–Trinajstić information content (AvgIpc) is 3.20. The van der Waals surface area contributed by atoms with Crippen molar-refractivity contribution < 1.29 is 14.4 Å². The second-order valence-corrected chi connectivity index (χ2v) is 10.6. The number of halogens is 1. The van der Waals surface area contributed by atoms with Gasteiger partial charge in [0.25, 0.3) is 5.91 Å². The van der Waals surface area contributed by atoms with Gasteiger partial charge >= 0.3 is 0 Å². The van der Waals surface area contributed by atoms with Crippen molar-refractivity contribution in [3.63, 3.8) is 0 Å². The monoisotopic (exact) mass is 555 g/mol. The van der Waals surface area contributed by atoms with Gasteiger partial charge in [-0.1, -0.05) is 41.4 Å². The minimum Gasteiger partial charge on any atom is -0.378 e. The number of anilines is 1. The predicted octanol–water partition coefficient (Wildman–Crippen LogP) is 6.39. The van der Waals surface area contributed by atoms with E-state index in [1.54, 1.807) is 34.9 Å². The van der Waals surface area contributed by atoms with Gasteiger partial charge in [-0.15, -0.1) is 0 Å². The molecule has 4 rings (SSSR count). The van der Waals surface area contributed by atoms with Gasteiger partial charge in [-0.2, -0.15) is 0 Å². The Kier molecular flexibility index (Phi) is 9.22. The highest BCUT2D eigenvalue weighted by Gasteiger charge is 2.21. The van der Waals surface area contributed by atoms with Crippen LogP contribution in [-0.2, 0) is 16.0 Å². The number of nitrogens with one attached hydrogen (secondary N) is 1. The summed E-state index contributed by atoms with van der Waals surface area (Å²) in [5.74, 6) is -0.303. The maximum Gasteiger partial charge on any atom is 0.262 e. The first kappa shape index (κ1) is 28.8. The molecular weight excluding hydrogens is 522 g/mol. The number of fused-ring (bicyclic) bond motifs is 1. The third kappa shape index (κ3) is 6.88. The molecule has 0 spiro atoms. The molecule has 1 heterocycles. The number of aromatic nitrogens is 1. The highest BCUT2D eigenvalue weighted by atomic mass is 35.5. The highest BCUT2D eigenvalue weighted by molar-refractivity contribution is 6.30. The van der Waals surface area contributed by atoms with Crippen molar-refractivity contribution in [3.8, 4) is 0 Å². The number of nitrogens with zero attached hydrogens (tertiary/aromatic N) is 2. The number of rotatable bonds is 10. The van der Waals surface area contributed by atoms with Gasteiger partial charge in [0.1, 0.15) is 0 Å². The Morgan fingerprint density at radius 1 is 0.950 bits per heavy atom. The smallest absolute Gasteiger partial charge is 0.262 e. The van der Waals surface area contributed by atoms with Crippen molar-refractivity contribution >= 4 is 51.9 Å². The fourth-order valence-electron chi connectivity index (χ4n) is 4.67. The molecule has 1 N–H and O–H groups in total. The predicted molar refractivity (Wildman–Crippen MR) is 163 cm³/mol. The van der Waals surface area contributed by atoms with Gasteiger partial charge < -0.3 is 10.2 Å². The molecule has 6 nitrogen and oxygen atoms in total. The summed E-state index contributed by atoms with van der Waals surface area (Å²) in [4.78, 5) is 40.6. The molecule has 3 aromatic carbocycles. The minimum absolute atomic E-state index is 0.0148. The van der Waals surface area contributed by atoms with Crippen molar-refractivity contribution in [2.45, 2.75) is 33.1 Å². The van der Waals surface area contributed by atoms with Crippen molar-refractivity contribution in [2.24, 2.45) is 0 Å². The summed E-state index contributed by atoms with van der Waals surface area (Å²) in [5, 5.41) is 4.38. The first-order valence-corrected chi connectivity index (χ1v) is 13.7. The van der Waals surface area contributed by atoms with Gasteiger partial charge in [0.05, 0.1) is 11.9 Å². The summed E-state index contributed by atoms with van der Waals surface area (Å²) in [6, 6.07) is 20.6. The van der Waals surface area contributed by atoms with Gasteiger partial charge in [0.2, 0.25) is 5.91 Å². The Morgan fingerprint density at radius 2 is 1.65 bits per heavy atom. The number of ketones is 1. The number of hydrogen-bond donors (Lipinski definition) is 1. The lowest BCUT2D eigenvalue weighted by molar-refractivity contribution is -0.120. The molecule has 0 atom stereocenters. The molecular formula is C33H34ClN3O3. The molecule has 1 amide bonds. The molecule has 206 valence electrons. The Morgan fingerprint density at radius 3 is 2.33 bits per heavy atom. The third-order valence-electron chi connectivity index (χ3n) is 6.92. The molecule has 0 unspecified atom stereocenters. The van der Waals surface area contributed by atoms with Crippen LogP contribution in [0.3, 0.4) is 0 Å². The molecule has 0 saturated carbocycles. The van der Waals surface area contributed by atoms with E-state index in [4.69, 9.17) is 11.6 Å². The Balaban J connectivity index is 1.37. The zero-order valence-corrected chi connectivity index (χ0v) is 24.1. The van der Waals surface area contributed by atoms with E-state index in [2.05, 4.69) is 5.32 Å². The number of carbonyl (C=O) groups excluding carboxylic acids is 3. The van der Waals surface area contributed by atoms with Gasteiger partial charge in [-0.05, 0) is 86.0 Å². The number of carbonyl (C=O) groups is 3. The topological polar surface area (TPSA) is 71.4 Å². The van der Waals surface area contributed by atoms with Crippen LogP contribution in [0.4, 0.5) is 5.69 Å².